The quantitative estimate of drug-likeness (QED) is 0.943. The highest BCUT2D eigenvalue weighted by Gasteiger charge is 2.20. The van der Waals surface area contributed by atoms with E-state index in [0.717, 1.165) is 30.2 Å². The van der Waals surface area contributed by atoms with E-state index in [2.05, 4.69) is 16.9 Å². The molecule has 0 radical (unpaired) electrons. The number of methoxy groups -OCH3 is 1. The topological polar surface area (TPSA) is 56.3 Å². The van der Waals surface area contributed by atoms with Crippen molar-refractivity contribution in [3.8, 4) is 11.4 Å². The van der Waals surface area contributed by atoms with E-state index in [-0.39, 0.29) is 0 Å². The molecule has 0 spiro atoms. The lowest BCUT2D eigenvalue weighted by atomic mass is 10.0. The number of aromatic nitrogens is 2. The predicted octanol–water partition coefficient (Wildman–Crippen LogP) is 2.84. The maximum Gasteiger partial charge on any atom is 0.144 e. The first kappa shape index (κ1) is 14.9. The number of hydrogen-bond donors (Lipinski definition) is 1. The zero-order chi connectivity index (χ0) is 15.5. The summed E-state index contributed by atoms with van der Waals surface area (Å²) in [4.78, 5) is 2.48. The fourth-order valence-electron chi connectivity index (χ4n) is 3.12. The predicted molar refractivity (Wildman–Crippen MR) is 88.3 cm³/mol. The van der Waals surface area contributed by atoms with Crippen molar-refractivity contribution in [3.05, 3.63) is 36.0 Å². The van der Waals surface area contributed by atoms with E-state index in [1.807, 2.05) is 30.3 Å². The fourth-order valence-corrected chi connectivity index (χ4v) is 3.12. The minimum atomic E-state index is 0.617. The van der Waals surface area contributed by atoms with Crippen molar-refractivity contribution in [2.45, 2.75) is 38.8 Å². The molecule has 2 heterocycles. The lowest BCUT2D eigenvalue weighted by molar-refractivity contribution is 0.150. The van der Waals surface area contributed by atoms with Gasteiger partial charge in [-0.25, -0.2) is 4.68 Å². The number of nitrogens with zero attached hydrogens (tertiary/aromatic N) is 3. The molecule has 1 atom stereocenters. The van der Waals surface area contributed by atoms with Crippen LogP contribution in [0.5, 0.6) is 5.75 Å². The monoisotopic (exact) mass is 300 g/mol. The number of anilines is 1. The highest BCUT2D eigenvalue weighted by atomic mass is 16.5. The molecule has 0 aliphatic carbocycles. The minimum absolute atomic E-state index is 0.617. The van der Waals surface area contributed by atoms with Crippen LogP contribution in [0.2, 0.25) is 0 Å². The number of ether oxygens (including phenoxy) is 1. The van der Waals surface area contributed by atoms with Gasteiger partial charge in [-0.05, 0) is 38.4 Å². The van der Waals surface area contributed by atoms with Gasteiger partial charge in [0.1, 0.15) is 17.3 Å². The summed E-state index contributed by atoms with van der Waals surface area (Å²) in [5.74, 6) is 1.42. The van der Waals surface area contributed by atoms with Crippen LogP contribution in [-0.2, 0) is 6.54 Å². The average Bonchev–Trinajstić information content (AvgIpc) is 2.90. The Hall–Kier alpha value is -2.01. The van der Waals surface area contributed by atoms with E-state index >= 15 is 0 Å². The number of rotatable bonds is 4. The van der Waals surface area contributed by atoms with E-state index in [4.69, 9.17) is 10.5 Å². The van der Waals surface area contributed by atoms with Gasteiger partial charge in [-0.15, -0.1) is 0 Å². The van der Waals surface area contributed by atoms with Gasteiger partial charge in [-0.2, -0.15) is 5.10 Å². The zero-order valence-corrected chi connectivity index (χ0v) is 13.3. The van der Waals surface area contributed by atoms with Crippen LogP contribution in [-0.4, -0.2) is 34.4 Å². The molecule has 22 heavy (non-hydrogen) atoms. The summed E-state index contributed by atoms with van der Waals surface area (Å²) in [6.07, 6.45) is 3.87. The van der Waals surface area contributed by atoms with Gasteiger partial charge < -0.3 is 10.5 Å². The molecule has 1 unspecified atom stereocenters. The maximum absolute atomic E-state index is 6.16. The summed E-state index contributed by atoms with van der Waals surface area (Å²) in [5, 5.41) is 4.69. The molecule has 0 amide bonds. The Morgan fingerprint density at radius 2 is 2.14 bits per heavy atom. The van der Waals surface area contributed by atoms with Crippen LogP contribution in [0.1, 0.15) is 31.9 Å². The van der Waals surface area contributed by atoms with Gasteiger partial charge in [0.2, 0.25) is 0 Å². The molecule has 2 N–H and O–H groups in total. The summed E-state index contributed by atoms with van der Waals surface area (Å²) in [6, 6.07) is 10.4. The third kappa shape index (κ3) is 2.95. The van der Waals surface area contributed by atoms with E-state index in [1.54, 1.807) is 11.8 Å². The van der Waals surface area contributed by atoms with Crippen molar-refractivity contribution in [2.24, 2.45) is 0 Å². The molecule has 1 aromatic carbocycles. The third-order valence-electron chi connectivity index (χ3n) is 4.41. The fraction of sp³-hybridized carbons (Fsp3) is 0.471. The van der Waals surface area contributed by atoms with Gasteiger partial charge in [0.05, 0.1) is 12.8 Å². The van der Waals surface area contributed by atoms with Gasteiger partial charge in [-0.3, -0.25) is 4.90 Å². The van der Waals surface area contributed by atoms with Crippen LogP contribution in [0.25, 0.3) is 5.69 Å². The molecule has 1 aromatic heterocycles. The first-order chi connectivity index (χ1) is 10.7. The van der Waals surface area contributed by atoms with Crippen LogP contribution in [0.15, 0.2) is 30.3 Å². The Balaban J connectivity index is 1.84. The zero-order valence-electron chi connectivity index (χ0n) is 13.3. The van der Waals surface area contributed by atoms with Crippen LogP contribution < -0.4 is 10.5 Å². The normalized spacial score (nSPS) is 19.3. The summed E-state index contributed by atoms with van der Waals surface area (Å²) in [6.45, 7) is 4.29. The van der Waals surface area contributed by atoms with Crippen LogP contribution in [0.4, 0.5) is 5.82 Å². The van der Waals surface area contributed by atoms with E-state index in [9.17, 15) is 0 Å². The van der Waals surface area contributed by atoms with Gasteiger partial charge in [0.15, 0.2) is 0 Å². The van der Waals surface area contributed by atoms with Crippen LogP contribution in [0, 0.1) is 0 Å². The smallest absolute Gasteiger partial charge is 0.144 e. The highest BCUT2D eigenvalue weighted by molar-refractivity contribution is 5.51. The molecule has 1 aliphatic rings. The maximum atomic E-state index is 6.16. The molecule has 3 rings (SSSR count). The Morgan fingerprint density at radius 3 is 2.91 bits per heavy atom. The summed E-state index contributed by atoms with van der Waals surface area (Å²) >= 11 is 0. The Kier molecular flexibility index (Phi) is 4.34. The van der Waals surface area contributed by atoms with E-state index < -0.39 is 0 Å². The van der Waals surface area contributed by atoms with Gasteiger partial charge in [0, 0.05) is 18.7 Å². The van der Waals surface area contributed by atoms with Crippen LogP contribution >= 0.6 is 0 Å². The average molecular weight is 300 g/mol. The molecule has 1 aliphatic heterocycles. The molecule has 118 valence electrons. The van der Waals surface area contributed by atoms with Crippen molar-refractivity contribution in [1.82, 2.24) is 14.7 Å². The third-order valence-corrected chi connectivity index (χ3v) is 4.41. The largest absolute Gasteiger partial charge is 0.494 e. The summed E-state index contributed by atoms with van der Waals surface area (Å²) < 4.78 is 7.17. The lowest BCUT2D eigenvalue weighted by Crippen LogP contribution is -2.36. The van der Waals surface area contributed by atoms with Crippen molar-refractivity contribution in [1.29, 1.82) is 0 Å². The Morgan fingerprint density at radius 1 is 1.32 bits per heavy atom. The molecular weight excluding hydrogens is 276 g/mol. The Labute approximate surface area is 131 Å². The van der Waals surface area contributed by atoms with Gasteiger partial charge in [-0.1, -0.05) is 18.6 Å². The number of benzene rings is 1. The molecule has 0 bridgehead atoms. The molecular formula is C17H24N4O. The minimum Gasteiger partial charge on any atom is -0.494 e. The lowest BCUT2D eigenvalue weighted by Gasteiger charge is -2.32. The summed E-state index contributed by atoms with van der Waals surface area (Å²) in [5.41, 5.74) is 8.05. The highest BCUT2D eigenvalue weighted by Crippen LogP contribution is 2.25. The second kappa shape index (κ2) is 6.40. The molecule has 5 nitrogen and oxygen atoms in total. The van der Waals surface area contributed by atoms with Crippen molar-refractivity contribution >= 4 is 5.82 Å². The Bertz CT molecular complexity index is 637. The molecule has 1 saturated heterocycles. The molecule has 1 fully saturated rings. The van der Waals surface area contributed by atoms with Crippen molar-refractivity contribution < 1.29 is 4.74 Å². The SMILES string of the molecule is COc1ccccc1-n1nc(CN2CCCCC2C)cc1N. The van der Waals surface area contributed by atoms with Gasteiger partial charge in [0.25, 0.3) is 0 Å². The molecule has 5 heteroatoms. The number of likely N-dealkylation sites (tertiary alicyclic amines) is 1. The first-order valence-electron chi connectivity index (χ1n) is 7.91. The van der Waals surface area contributed by atoms with Crippen molar-refractivity contribution in [2.75, 3.05) is 19.4 Å². The number of para-hydroxylation sites is 2. The van der Waals surface area contributed by atoms with Crippen LogP contribution in [0.3, 0.4) is 0 Å². The van der Waals surface area contributed by atoms with E-state index in [0.29, 0.717) is 11.9 Å². The van der Waals surface area contributed by atoms with Crippen molar-refractivity contribution in [3.63, 3.8) is 0 Å². The molecule has 2 aromatic rings. The standard InChI is InChI=1S/C17H24N4O/c1-13-7-5-6-10-20(13)12-14-11-17(18)21(19-14)15-8-3-4-9-16(15)22-2/h3-4,8-9,11,13H,5-7,10,12,18H2,1-2H3. The second-order valence-corrected chi connectivity index (χ2v) is 5.96. The number of hydrogen-bond acceptors (Lipinski definition) is 4. The number of nitrogen functional groups attached to an aromatic ring is 1. The number of nitrogens with two attached hydrogens (primary N) is 1. The summed E-state index contributed by atoms with van der Waals surface area (Å²) in [7, 11) is 1.66. The first-order valence-corrected chi connectivity index (χ1v) is 7.91. The van der Waals surface area contributed by atoms with Gasteiger partial charge >= 0.3 is 0 Å². The second-order valence-electron chi connectivity index (χ2n) is 5.96. The number of piperidine rings is 1. The molecule has 0 saturated carbocycles. The van der Waals surface area contributed by atoms with E-state index in [1.165, 1.54) is 19.3 Å².